The molecule has 7 heteroatoms. The van der Waals surface area contributed by atoms with Crippen molar-refractivity contribution < 1.29 is 18.0 Å². The highest BCUT2D eigenvalue weighted by molar-refractivity contribution is 7.91. The second kappa shape index (κ2) is 5.71. The summed E-state index contributed by atoms with van der Waals surface area (Å²) in [6, 6.07) is -0.930. The van der Waals surface area contributed by atoms with E-state index in [0.29, 0.717) is 13.0 Å². The lowest BCUT2D eigenvalue weighted by molar-refractivity contribution is -0.162. The first-order valence-electron chi connectivity index (χ1n) is 7.19. The molecule has 0 aliphatic carbocycles. The van der Waals surface area contributed by atoms with Gasteiger partial charge >= 0.3 is 0 Å². The van der Waals surface area contributed by atoms with Gasteiger partial charge in [0.25, 0.3) is 0 Å². The second-order valence-electron chi connectivity index (χ2n) is 5.49. The normalized spacial score (nSPS) is 27.7. The van der Waals surface area contributed by atoms with Crippen molar-refractivity contribution >= 4 is 21.7 Å². The van der Waals surface area contributed by atoms with Gasteiger partial charge < -0.3 is 9.80 Å². The number of sulfone groups is 1. The summed E-state index contributed by atoms with van der Waals surface area (Å²) in [6.45, 7) is 4.03. The number of carbonyl (C=O) groups excluding carboxylic acids is 2. The molecular weight excluding hydrogens is 280 g/mol. The van der Waals surface area contributed by atoms with Crippen LogP contribution in [-0.2, 0) is 19.4 Å². The second-order valence-corrected chi connectivity index (χ2v) is 7.96. The summed E-state index contributed by atoms with van der Waals surface area (Å²) in [5, 5.41) is 0. The zero-order chi connectivity index (χ0) is 14.9. The van der Waals surface area contributed by atoms with E-state index in [4.69, 9.17) is 0 Å². The predicted octanol–water partition coefficient (Wildman–Crippen LogP) is 0.0329. The van der Waals surface area contributed by atoms with Gasteiger partial charge in [-0.2, -0.15) is 0 Å². The molecule has 2 fully saturated rings. The third kappa shape index (κ3) is 2.82. The molecule has 6 nitrogen and oxygen atoms in total. The molecule has 0 radical (unpaired) electrons. The van der Waals surface area contributed by atoms with Gasteiger partial charge in [0.05, 0.1) is 5.75 Å². The molecule has 114 valence electrons. The number of nitrogens with zero attached hydrogens (tertiary/aromatic N) is 2. The van der Waals surface area contributed by atoms with Crippen LogP contribution in [-0.4, -0.2) is 66.7 Å². The SMILES string of the molecule is CCS(=O)(=O)CCN1C(=O)C2CCCCN2C(=O)C1C. The van der Waals surface area contributed by atoms with Crippen molar-refractivity contribution in [1.29, 1.82) is 0 Å². The number of fused-ring (bicyclic) bond motifs is 1. The van der Waals surface area contributed by atoms with E-state index in [0.717, 1.165) is 12.8 Å². The number of hydrogen-bond acceptors (Lipinski definition) is 4. The summed E-state index contributed by atoms with van der Waals surface area (Å²) < 4.78 is 23.2. The zero-order valence-electron chi connectivity index (χ0n) is 12.0. The van der Waals surface area contributed by atoms with Crippen LogP contribution in [0.1, 0.15) is 33.1 Å². The van der Waals surface area contributed by atoms with Gasteiger partial charge in [0.1, 0.15) is 12.1 Å². The van der Waals surface area contributed by atoms with E-state index in [9.17, 15) is 18.0 Å². The lowest BCUT2D eigenvalue weighted by atomic mass is 9.96. The van der Waals surface area contributed by atoms with Crippen LogP contribution in [0.25, 0.3) is 0 Å². The van der Waals surface area contributed by atoms with Crippen LogP contribution in [0, 0.1) is 0 Å². The van der Waals surface area contributed by atoms with E-state index in [1.54, 1.807) is 18.7 Å². The van der Waals surface area contributed by atoms with Crippen molar-refractivity contribution in [3.63, 3.8) is 0 Å². The number of rotatable bonds is 4. The molecule has 0 bridgehead atoms. The minimum Gasteiger partial charge on any atom is -0.329 e. The van der Waals surface area contributed by atoms with Crippen LogP contribution < -0.4 is 0 Å². The molecule has 2 aliphatic rings. The molecule has 0 saturated carbocycles. The molecular formula is C13H22N2O4S. The highest BCUT2D eigenvalue weighted by Gasteiger charge is 2.44. The molecule has 2 atom stereocenters. The first-order valence-corrected chi connectivity index (χ1v) is 9.01. The van der Waals surface area contributed by atoms with Crippen LogP contribution >= 0.6 is 0 Å². The van der Waals surface area contributed by atoms with Crippen LogP contribution in [0.3, 0.4) is 0 Å². The molecule has 2 unspecified atom stereocenters. The summed E-state index contributed by atoms with van der Waals surface area (Å²) in [5.41, 5.74) is 0. The Hall–Kier alpha value is -1.11. The molecule has 2 saturated heterocycles. The molecule has 0 N–H and O–H groups in total. The van der Waals surface area contributed by atoms with Crippen LogP contribution in [0.5, 0.6) is 0 Å². The molecule has 0 aromatic heterocycles. The lowest BCUT2D eigenvalue weighted by Crippen LogP contribution is -2.65. The summed E-state index contributed by atoms with van der Waals surface area (Å²) in [4.78, 5) is 27.9. The molecule has 2 rings (SSSR count). The van der Waals surface area contributed by atoms with E-state index in [2.05, 4.69) is 0 Å². The van der Waals surface area contributed by atoms with Crippen molar-refractivity contribution in [2.24, 2.45) is 0 Å². The number of hydrogen-bond donors (Lipinski definition) is 0. The Labute approximate surface area is 120 Å². The number of carbonyl (C=O) groups is 2. The summed E-state index contributed by atoms with van der Waals surface area (Å²) >= 11 is 0. The van der Waals surface area contributed by atoms with Crippen molar-refractivity contribution in [3.8, 4) is 0 Å². The molecule has 0 spiro atoms. The molecule has 2 heterocycles. The van der Waals surface area contributed by atoms with Crippen molar-refractivity contribution in [2.75, 3.05) is 24.6 Å². The van der Waals surface area contributed by atoms with Gasteiger partial charge in [-0.15, -0.1) is 0 Å². The molecule has 2 amide bonds. The summed E-state index contributed by atoms with van der Waals surface area (Å²) in [5.74, 6) is -0.154. The zero-order valence-corrected chi connectivity index (χ0v) is 12.9. The number of amides is 2. The Balaban J connectivity index is 2.12. The molecule has 20 heavy (non-hydrogen) atoms. The predicted molar refractivity (Wildman–Crippen MR) is 74.9 cm³/mol. The van der Waals surface area contributed by atoms with E-state index < -0.39 is 15.9 Å². The fraction of sp³-hybridized carbons (Fsp3) is 0.846. The minimum atomic E-state index is -3.13. The Morgan fingerprint density at radius 1 is 1.20 bits per heavy atom. The highest BCUT2D eigenvalue weighted by Crippen LogP contribution is 2.26. The number of piperidine rings is 1. The van der Waals surface area contributed by atoms with Crippen molar-refractivity contribution in [3.05, 3.63) is 0 Å². The van der Waals surface area contributed by atoms with Gasteiger partial charge in [-0.05, 0) is 26.2 Å². The first kappa shape index (κ1) is 15.3. The maximum Gasteiger partial charge on any atom is 0.246 e. The third-order valence-electron chi connectivity index (χ3n) is 4.26. The molecule has 2 aliphatic heterocycles. The Bertz CT molecular complexity index is 503. The monoisotopic (exact) mass is 302 g/mol. The maximum atomic E-state index is 12.5. The fourth-order valence-corrected chi connectivity index (χ4v) is 3.66. The standard InChI is InChI=1S/C13H22N2O4S/c1-3-20(18,19)9-8-14-10(2)12(16)15-7-5-4-6-11(15)13(14)17/h10-11H,3-9H2,1-2H3. The van der Waals surface area contributed by atoms with Crippen LogP contribution in [0.2, 0.25) is 0 Å². The average Bonchev–Trinajstić information content (AvgIpc) is 2.45. The average molecular weight is 302 g/mol. The Morgan fingerprint density at radius 3 is 2.55 bits per heavy atom. The minimum absolute atomic E-state index is 0.0526. The summed E-state index contributed by atoms with van der Waals surface area (Å²) in [6.07, 6.45) is 2.57. The van der Waals surface area contributed by atoms with Gasteiger partial charge in [0.15, 0.2) is 9.84 Å². The van der Waals surface area contributed by atoms with Gasteiger partial charge in [0, 0.05) is 18.8 Å². The Kier molecular flexibility index (Phi) is 4.36. The quantitative estimate of drug-likeness (QED) is 0.734. The Morgan fingerprint density at radius 2 is 1.90 bits per heavy atom. The van der Waals surface area contributed by atoms with Gasteiger partial charge in [0.2, 0.25) is 11.8 Å². The largest absolute Gasteiger partial charge is 0.329 e. The third-order valence-corrected chi connectivity index (χ3v) is 5.95. The van der Waals surface area contributed by atoms with Crippen LogP contribution in [0.4, 0.5) is 0 Å². The van der Waals surface area contributed by atoms with E-state index in [1.165, 1.54) is 4.90 Å². The van der Waals surface area contributed by atoms with E-state index in [1.807, 2.05) is 0 Å². The smallest absolute Gasteiger partial charge is 0.246 e. The first-order chi connectivity index (χ1) is 9.37. The molecule has 0 aromatic carbocycles. The topological polar surface area (TPSA) is 74.8 Å². The van der Waals surface area contributed by atoms with Crippen LogP contribution in [0.15, 0.2) is 0 Å². The number of piperazine rings is 1. The highest BCUT2D eigenvalue weighted by atomic mass is 32.2. The lowest BCUT2D eigenvalue weighted by Gasteiger charge is -2.46. The maximum absolute atomic E-state index is 12.5. The van der Waals surface area contributed by atoms with Crippen molar-refractivity contribution in [2.45, 2.75) is 45.2 Å². The van der Waals surface area contributed by atoms with Gasteiger partial charge in [-0.3, -0.25) is 9.59 Å². The van der Waals surface area contributed by atoms with E-state index >= 15 is 0 Å². The van der Waals surface area contributed by atoms with Gasteiger partial charge in [-0.1, -0.05) is 6.92 Å². The van der Waals surface area contributed by atoms with Gasteiger partial charge in [-0.25, -0.2) is 8.42 Å². The fourth-order valence-electron chi connectivity index (χ4n) is 2.89. The molecule has 0 aromatic rings. The summed E-state index contributed by atoms with van der Waals surface area (Å²) in [7, 11) is -3.13. The van der Waals surface area contributed by atoms with Crippen molar-refractivity contribution in [1.82, 2.24) is 9.80 Å². The van der Waals surface area contributed by atoms with E-state index in [-0.39, 0.29) is 35.9 Å².